The van der Waals surface area contributed by atoms with Crippen molar-refractivity contribution in [3.8, 4) is 17.2 Å². The van der Waals surface area contributed by atoms with Gasteiger partial charge in [-0.05, 0) is 60.8 Å². The summed E-state index contributed by atoms with van der Waals surface area (Å²) in [6, 6.07) is 22.2. The lowest BCUT2D eigenvalue weighted by molar-refractivity contribution is 0.00721. The summed E-state index contributed by atoms with van der Waals surface area (Å²) >= 11 is 0. The molecule has 1 saturated heterocycles. The molecule has 2 atom stereocenters. The molecule has 1 aliphatic heterocycles. The molecule has 2 N–H and O–H groups in total. The Morgan fingerprint density at radius 2 is 1.73 bits per heavy atom. The highest BCUT2D eigenvalue weighted by atomic mass is 19.1. The average molecular weight is 567 g/mol. The highest BCUT2D eigenvalue weighted by Crippen LogP contribution is 2.29. The van der Waals surface area contributed by atoms with Gasteiger partial charge >= 0.3 is 6.09 Å². The number of ether oxygens (including phenoxy) is 5. The number of amides is 1. The average Bonchev–Trinajstić information content (AvgIpc) is 3.00. The van der Waals surface area contributed by atoms with E-state index in [4.69, 9.17) is 18.9 Å². The fraction of sp³-hybridized carbons (Fsp3) is 0.406. The van der Waals surface area contributed by atoms with Crippen LogP contribution < -0.4 is 24.8 Å². The number of hydrogen-bond donors (Lipinski definition) is 2. The Morgan fingerprint density at radius 3 is 2.54 bits per heavy atom. The maximum atomic E-state index is 13.2. The SMILES string of the molecule is COC(=O)NCCc1ccccc1OCCO[C@H]1CNCC[C@@H]1c1ccc(OCCCOc2cccc(F)c2)cc1. The number of carbonyl (C=O) groups excluding carboxylic acids is 1. The van der Waals surface area contributed by atoms with E-state index in [1.165, 1.54) is 24.8 Å². The molecule has 220 valence electrons. The van der Waals surface area contributed by atoms with E-state index in [0.29, 0.717) is 51.6 Å². The quantitative estimate of drug-likeness (QED) is 0.247. The molecular weight excluding hydrogens is 527 g/mol. The molecule has 1 aliphatic rings. The molecule has 1 fully saturated rings. The Labute approximate surface area is 241 Å². The maximum Gasteiger partial charge on any atom is 0.406 e. The summed E-state index contributed by atoms with van der Waals surface area (Å²) in [7, 11) is 1.35. The van der Waals surface area contributed by atoms with Crippen molar-refractivity contribution in [3.63, 3.8) is 0 Å². The van der Waals surface area contributed by atoms with Crippen molar-refractivity contribution in [3.05, 3.63) is 89.7 Å². The van der Waals surface area contributed by atoms with E-state index in [1.807, 2.05) is 36.4 Å². The summed E-state index contributed by atoms with van der Waals surface area (Å²) in [6.07, 6.45) is 1.92. The number of piperidine rings is 1. The Morgan fingerprint density at radius 1 is 0.927 bits per heavy atom. The second-order valence-electron chi connectivity index (χ2n) is 9.71. The van der Waals surface area contributed by atoms with Crippen LogP contribution in [0.2, 0.25) is 0 Å². The van der Waals surface area contributed by atoms with E-state index in [-0.39, 0.29) is 17.8 Å². The monoisotopic (exact) mass is 566 g/mol. The van der Waals surface area contributed by atoms with Gasteiger partial charge in [0.15, 0.2) is 0 Å². The fourth-order valence-electron chi connectivity index (χ4n) is 4.77. The lowest BCUT2D eigenvalue weighted by Crippen LogP contribution is -2.41. The smallest absolute Gasteiger partial charge is 0.406 e. The molecular formula is C32H39FN2O6. The molecule has 1 amide bonds. The largest absolute Gasteiger partial charge is 0.493 e. The molecule has 9 heteroatoms. The third-order valence-electron chi connectivity index (χ3n) is 6.85. The lowest BCUT2D eigenvalue weighted by atomic mass is 9.88. The zero-order chi connectivity index (χ0) is 28.7. The van der Waals surface area contributed by atoms with Crippen molar-refractivity contribution in [2.45, 2.75) is 31.3 Å². The predicted octanol–water partition coefficient (Wildman–Crippen LogP) is 5.11. The van der Waals surface area contributed by atoms with Crippen LogP contribution in [0.3, 0.4) is 0 Å². The van der Waals surface area contributed by atoms with E-state index in [1.54, 1.807) is 12.1 Å². The second kappa shape index (κ2) is 16.4. The van der Waals surface area contributed by atoms with Crippen LogP contribution >= 0.6 is 0 Å². The summed E-state index contributed by atoms with van der Waals surface area (Å²) in [4.78, 5) is 11.3. The number of methoxy groups -OCH3 is 1. The third kappa shape index (κ3) is 9.95. The maximum absolute atomic E-state index is 13.2. The number of para-hydroxylation sites is 1. The summed E-state index contributed by atoms with van der Waals surface area (Å²) in [5, 5.41) is 6.13. The van der Waals surface area contributed by atoms with Gasteiger partial charge in [-0.1, -0.05) is 36.4 Å². The third-order valence-corrected chi connectivity index (χ3v) is 6.85. The molecule has 0 bridgehead atoms. The normalized spacial score (nSPS) is 16.5. The van der Waals surface area contributed by atoms with Gasteiger partial charge in [0, 0.05) is 31.5 Å². The van der Waals surface area contributed by atoms with Crippen LogP contribution in [0.1, 0.15) is 29.9 Å². The Kier molecular flexibility index (Phi) is 12.1. The van der Waals surface area contributed by atoms with Crippen molar-refractivity contribution in [2.75, 3.05) is 53.2 Å². The Hall–Kier alpha value is -3.82. The zero-order valence-electron chi connectivity index (χ0n) is 23.5. The summed E-state index contributed by atoms with van der Waals surface area (Å²) in [5.41, 5.74) is 2.24. The lowest BCUT2D eigenvalue weighted by Gasteiger charge is -2.32. The Balaban J connectivity index is 1.18. The van der Waals surface area contributed by atoms with Gasteiger partial charge in [0.25, 0.3) is 0 Å². The number of alkyl carbamates (subject to hydrolysis) is 1. The molecule has 4 rings (SSSR count). The fourth-order valence-corrected chi connectivity index (χ4v) is 4.77. The van der Waals surface area contributed by atoms with Crippen molar-refractivity contribution >= 4 is 6.09 Å². The molecule has 0 unspecified atom stereocenters. The molecule has 8 nitrogen and oxygen atoms in total. The van der Waals surface area contributed by atoms with Gasteiger partial charge in [0.2, 0.25) is 0 Å². The van der Waals surface area contributed by atoms with Gasteiger partial charge in [-0.2, -0.15) is 0 Å². The van der Waals surface area contributed by atoms with Gasteiger partial charge in [-0.25, -0.2) is 9.18 Å². The number of halogens is 1. The molecule has 3 aromatic carbocycles. The van der Waals surface area contributed by atoms with E-state index in [0.717, 1.165) is 36.6 Å². The van der Waals surface area contributed by atoms with Crippen molar-refractivity contribution < 1.29 is 32.9 Å². The van der Waals surface area contributed by atoms with Crippen LogP contribution in [0, 0.1) is 5.82 Å². The first-order valence-corrected chi connectivity index (χ1v) is 14.1. The highest BCUT2D eigenvalue weighted by Gasteiger charge is 2.27. The van der Waals surface area contributed by atoms with Crippen LogP contribution in [-0.2, 0) is 15.9 Å². The molecule has 0 radical (unpaired) electrons. The van der Waals surface area contributed by atoms with Gasteiger partial charge < -0.3 is 34.3 Å². The molecule has 0 aromatic heterocycles. The van der Waals surface area contributed by atoms with Crippen molar-refractivity contribution in [1.82, 2.24) is 10.6 Å². The second-order valence-corrected chi connectivity index (χ2v) is 9.71. The van der Waals surface area contributed by atoms with Crippen LogP contribution in [-0.4, -0.2) is 65.4 Å². The minimum absolute atomic E-state index is 0.0404. The number of nitrogens with one attached hydrogen (secondary N) is 2. The number of benzene rings is 3. The topological polar surface area (TPSA) is 87.3 Å². The first kappa shape index (κ1) is 30.1. The van der Waals surface area contributed by atoms with E-state index in [2.05, 4.69) is 27.5 Å². The highest BCUT2D eigenvalue weighted by molar-refractivity contribution is 5.66. The van der Waals surface area contributed by atoms with Crippen LogP contribution in [0.5, 0.6) is 17.2 Å². The van der Waals surface area contributed by atoms with Gasteiger partial charge in [0.1, 0.15) is 29.7 Å². The minimum Gasteiger partial charge on any atom is -0.493 e. The van der Waals surface area contributed by atoms with Gasteiger partial charge in [0.05, 0.1) is 33.0 Å². The van der Waals surface area contributed by atoms with Crippen molar-refractivity contribution in [1.29, 1.82) is 0 Å². The molecule has 0 spiro atoms. The zero-order valence-corrected chi connectivity index (χ0v) is 23.5. The predicted molar refractivity (Wildman–Crippen MR) is 154 cm³/mol. The van der Waals surface area contributed by atoms with Crippen LogP contribution in [0.25, 0.3) is 0 Å². The molecule has 3 aromatic rings. The first-order valence-electron chi connectivity index (χ1n) is 14.1. The van der Waals surface area contributed by atoms with E-state index in [9.17, 15) is 9.18 Å². The Bertz CT molecular complexity index is 1210. The summed E-state index contributed by atoms with van der Waals surface area (Å²) in [6.45, 7) is 4.06. The number of carbonyl (C=O) groups is 1. The summed E-state index contributed by atoms with van der Waals surface area (Å²) in [5.74, 6) is 2.09. The minimum atomic E-state index is -0.445. The summed E-state index contributed by atoms with van der Waals surface area (Å²) < 4.78 is 41.6. The standard InChI is InChI=1S/C32H39FN2O6/c1-37-32(36)35-17-14-25-6-2-3-9-30(25)40-20-21-41-31-23-34-16-15-29(31)24-10-12-27(13-11-24)38-18-5-19-39-28-8-4-7-26(33)22-28/h2-4,6-13,22,29,31,34H,5,14-21,23H2,1H3,(H,35,36)/t29-,31+/m1/s1. The van der Waals surface area contributed by atoms with Crippen LogP contribution in [0.15, 0.2) is 72.8 Å². The van der Waals surface area contributed by atoms with Gasteiger partial charge in [-0.15, -0.1) is 0 Å². The molecule has 41 heavy (non-hydrogen) atoms. The number of hydrogen-bond acceptors (Lipinski definition) is 7. The van der Waals surface area contributed by atoms with Crippen molar-refractivity contribution in [2.24, 2.45) is 0 Å². The molecule has 0 saturated carbocycles. The number of rotatable bonds is 15. The van der Waals surface area contributed by atoms with Gasteiger partial charge in [-0.3, -0.25) is 0 Å². The van der Waals surface area contributed by atoms with E-state index >= 15 is 0 Å². The first-order chi connectivity index (χ1) is 20.1. The molecule has 1 heterocycles. The van der Waals surface area contributed by atoms with E-state index < -0.39 is 6.09 Å². The van der Waals surface area contributed by atoms with Crippen LogP contribution in [0.4, 0.5) is 9.18 Å². The molecule has 0 aliphatic carbocycles.